The molecular formula is C12H23N3O5. The minimum atomic E-state index is -1.36. The van der Waals surface area contributed by atoms with Crippen LogP contribution in [0.5, 0.6) is 0 Å². The van der Waals surface area contributed by atoms with Gasteiger partial charge in [-0.2, -0.15) is 0 Å². The van der Waals surface area contributed by atoms with E-state index in [2.05, 4.69) is 5.32 Å². The predicted octanol–water partition coefficient (Wildman–Crippen LogP) is -1.47. The first-order chi connectivity index (χ1) is 9.22. The second-order valence-electron chi connectivity index (χ2n) is 5.46. The van der Waals surface area contributed by atoms with E-state index in [1.54, 1.807) is 0 Å². The number of β-amino-alcohol motifs (C(OH)–C–C–N with tert-alkyl or cyclic N) is 1. The van der Waals surface area contributed by atoms with Crippen LogP contribution in [0.25, 0.3) is 0 Å². The van der Waals surface area contributed by atoms with Crippen LogP contribution >= 0.6 is 0 Å². The van der Waals surface area contributed by atoms with Crippen molar-refractivity contribution in [2.45, 2.75) is 37.6 Å². The summed E-state index contributed by atoms with van der Waals surface area (Å²) in [7, 11) is 3.72. The minimum absolute atomic E-state index is 0.163. The number of carbonyl (C=O) groups excluding carboxylic acids is 1. The average Bonchev–Trinajstić information content (AvgIpc) is 2.64. The topological polar surface area (TPSA) is 113 Å². The summed E-state index contributed by atoms with van der Waals surface area (Å²) in [5, 5.41) is 30.3. The van der Waals surface area contributed by atoms with Crippen molar-refractivity contribution in [3.63, 3.8) is 0 Å². The highest BCUT2D eigenvalue weighted by Crippen LogP contribution is 2.18. The van der Waals surface area contributed by atoms with E-state index in [-0.39, 0.29) is 12.6 Å². The number of urea groups is 1. The highest BCUT2D eigenvalue weighted by molar-refractivity contribution is 5.83. The molecule has 1 aliphatic heterocycles. The molecule has 0 bridgehead atoms. The summed E-state index contributed by atoms with van der Waals surface area (Å²) >= 11 is 0. The van der Waals surface area contributed by atoms with Gasteiger partial charge in [-0.15, -0.1) is 0 Å². The Morgan fingerprint density at radius 2 is 2.05 bits per heavy atom. The van der Waals surface area contributed by atoms with Gasteiger partial charge in [0.2, 0.25) is 0 Å². The molecule has 2 unspecified atom stereocenters. The van der Waals surface area contributed by atoms with Gasteiger partial charge >= 0.3 is 12.0 Å². The minimum Gasteiger partial charge on any atom is -0.480 e. The lowest BCUT2D eigenvalue weighted by Crippen LogP contribution is -2.54. The van der Waals surface area contributed by atoms with Crippen molar-refractivity contribution >= 4 is 12.0 Å². The van der Waals surface area contributed by atoms with Gasteiger partial charge in [0.05, 0.1) is 12.2 Å². The molecule has 0 aliphatic carbocycles. The van der Waals surface area contributed by atoms with Crippen LogP contribution < -0.4 is 5.32 Å². The quantitative estimate of drug-likeness (QED) is 0.491. The number of nitrogens with one attached hydrogen (secondary N) is 1. The molecule has 0 aromatic heterocycles. The summed E-state index contributed by atoms with van der Waals surface area (Å²) in [4.78, 5) is 26.4. The average molecular weight is 289 g/mol. The predicted molar refractivity (Wildman–Crippen MR) is 71.3 cm³/mol. The van der Waals surface area contributed by atoms with E-state index in [0.717, 1.165) is 0 Å². The van der Waals surface area contributed by atoms with Crippen LogP contribution in [0, 0.1) is 0 Å². The SMILES string of the molecule is C[C@@H](O)[C@H](NC(=O)N1CC(O)CC1CN(C)C)C(=O)O. The van der Waals surface area contributed by atoms with E-state index in [1.165, 1.54) is 11.8 Å². The van der Waals surface area contributed by atoms with E-state index < -0.39 is 30.3 Å². The Balaban J connectivity index is 2.71. The van der Waals surface area contributed by atoms with E-state index in [4.69, 9.17) is 5.11 Å². The monoisotopic (exact) mass is 289 g/mol. The molecule has 0 saturated carbocycles. The van der Waals surface area contributed by atoms with Gasteiger partial charge in [-0.1, -0.05) is 0 Å². The second-order valence-corrected chi connectivity index (χ2v) is 5.46. The molecule has 1 fully saturated rings. The number of hydrogen-bond acceptors (Lipinski definition) is 5. The number of rotatable bonds is 5. The number of aliphatic hydroxyl groups is 2. The fourth-order valence-electron chi connectivity index (χ4n) is 2.34. The number of aliphatic carboxylic acids is 1. The molecule has 8 nitrogen and oxygen atoms in total. The largest absolute Gasteiger partial charge is 0.480 e. The van der Waals surface area contributed by atoms with Crippen molar-refractivity contribution < 1.29 is 24.9 Å². The number of hydrogen-bond donors (Lipinski definition) is 4. The first-order valence-electron chi connectivity index (χ1n) is 6.53. The Morgan fingerprint density at radius 1 is 1.45 bits per heavy atom. The van der Waals surface area contributed by atoms with Crippen LogP contribution in [0.4, 0.5) is 4.79 Å². The van der Waals surface area contributed by atoms with Gasteiger partial charge in [0, 0.05) is 19.1 Å². The lowest BCUT2D eigenvalue weighted by Gasteiger charge is -2.28. The summed E-state index contributed by atoms with van der Waals surface area (Å²) in [6.07, 6.45) is -1.35. The lowest BCUT2D eigenvalue weighted by molar-refractivity contribution is -0.141. The molecule has 0 spiro atoms. The first kappa shape index (κ1) is 16.7. The highest BCUT2D eigenvalue weighted by Gasteiger charge is 2.36. The molecule has 0 aromatic rings. The van der Waals surface area contributed by atoms with E-state index in [1.807, 2.05) is 19.0 Å². The zero-order valence-electron chi connectivity index (χ0n) is 12.0. The molecule has 1 rings (SSSR count). The molecule has 1 aliphatic rings. The smallest absolute Gasteiger partial charge is 0.328 e. The number of carbonyl (C=O) groups is 2. The first-order valence-corrected chi connectivity index (χ1v) is 6.53. The molecule has 0 radical (unpaired) electrons. The maximum Gasteiger partial charge on any atom is 0.328 e. The molecule has 8 heteroatoms. The van der Waals surface area contributed by atoms with E-state index in [0.29, 0.717) is 13.0 Å². The van der Waals surface area contributed by atoms with Crippen molar-refractivity contribution in [1.29, 1.82) is 0 Å². The van der Waals surface area contributed by atoms with Gasteiger partial charge in [-0.05, 0) is 27.4 Å². The van der Waals surface area contributed by atoms with Crippen LogP contribution in [-0.4, -0.2) is 88.6 Å². The molecule has 20 heavy (non-hydrogen) atoms. The number of likely N-dealkylation sites (N-methyl/N-ethyl adjacent to an activating group) is 1. The number of amides is 2. The third kappa shape index (κ3) is 4.32. The Labute approximate surface area is 118 Å². The van der Waals surface area contributed by atoms with Crippen molar-refractivity contribution in [3.05, 3.63) is 0 Å². The second kappa shape index (κ2) is 6.87. The normalized spacial score (nSPS) is 25.6. The van der Waals surface area contributed by atoms with Crippen LogP contribution in [0.3, 0.4) is 0 Å². The van der Waals surface area contributed by atoms with E-state index >= 15 is 0 Å². The van der Waals surface area contributed by atoms with Gasteiger partial charge in [-0.3, -0.25) is 0 Å². The van der Waals surface area contributed by atoms with Gasteiger partial charge in [0.15, 0.2) is 6.04 Å². The van der Waals surface area contributed by atoms with Gasteiger partial charge in [-0.25, -0.2) is 9.59 Å². The van der Waals surface area contributed by atoms with Crippen LogP contribution in [0.1, 0.15) is 13.3 Å². The molecule has 1 heterocycles. The summed E-state index contributed by atoms with van der Waals surface area (Å²) < 4.78 is 0. The third-order valence-electron chi connectivity index (χ3n) is 3.26. The van der Waals surface area contributed by atoms with Gasteiger partial charge in [0.1, 0.15) is 0 Å². The molecule has 4 atom stereocenters. The zero-order valence-corrected chi connectivity index (χ0v) is 12.0. The lowest BCUT2D eigenvalue weighted by atomic mass is 10.2. The summed E-state index contributed by atoms with van der Waals surface area (Å²) in [5.41, 5.74) is 0. The number of carboxylic acids is 1. The van der Waals surface area contributed by atoms with Crippen LogP contribution in [-0.2, 0) is 4.79 Å². The molecule has 116 valence electrons. The van der Waals surface area contributed by atoms with Crippen LogP contribution in [0.2, 0.25) is 0 Å². The Morgan fingerprint density at radius 3 is 2.50 bits per heavy atom. The van der Waals surface area contributed by atoms with Crippen molar-refractivity contribution in [1.82, 2.24) is 15.1 Å². The Hall–Kier alpha value is -1.38. The van der Waals surface area contributed by atoms with Gasteiger partial charge < -0.3 is 30.4 Å². The molecular weight excluding hydrogens is 266 g/mol. The number of likely N-dealkylation sites (tertiary alicyclic amines) is 1. The maximum atomic E-state index is 12.1. The Bertz CT molecular complexity index is 361. The van der Waals surface area contributed by atoms with Gasteiger partial charge in [0.25, 0.3) is 0 Å². The molecule has 4 N–H and O–H groups in total. The third-order valence-corrected chi connectivity index (χ3v) is 3.26. The van der Waals surface area contributed by atoms with Crippen LogP contribution in [0.15, 0.2) is 0 Å². The molecule has 0 aromatic carbocycles. The Kier molecular flexibility index (Phi) is 5.73. The summed E-state index contributed by atoms with van der Waals surface area (Å²) in [5.74, 6) is -1.29. The molecule has 1 saturated heterocycles. The standard InChI is InChI=1S/C12H23N3O5/c1-7(16)10(11(18)19)13-12(20)15-6-9(17)4-8(15)5-14(2)3/h7-10,16-17H,4-6H2,1-3H3,(H,13,20)(H,18,19)/t7-,8?,9?,10+/m1/s1. The summed E-state index contributed by atoms with van der Waals surface area (Å²) in [6, 6.07) is -2.12. The fourth-order valence-corrected chi connectivity index (χ4v) is 2.34. The molecule has 2 amide bonds. The van der Waals surface area contributed by atoms with Crippen molar-refractivity contribution in [2.24, 2.45) is 0 Å². The highest BCUT2D eigenvalue weighted by atomic mass is 16.4. The number of nitrogens with zero attached hydrogens (tertiary/aromatic N) is 2. The number of aliphatic hydroxyl groups excluding tert-OH is 2. The van der Waals surface area contributed by atoms with Crippen molar-refractivity contribution in [3.8, 4) is 0 Å². The van der Waals surface area contributed by atoms with E-state index in [9.17, 15) is 19.8 Å². The zero-order chi connectivity index (χ0) is 15.4. The number of carboxylic acid groups (broad SMARTS) is 1. The summed E-state index contributed by atoms with van der Waals surface area (Å²) in [6.45, 7) is 2.04. The fraction of sp³-hybridized carbons (Fsp3) is 0.833. The van der Waals surface area contributed by atoms with Crippen molar-refractivity contribution in [2.75, 3.05) is 27.2 Å². The maximum absolute atomic E-state index is 12.1.